The molecule has 0 spiro atoms. The molecule has 1 N–H and O–H groups in total. The summed E-state index contributed by atoms with van der Waals surface area (Å²) >= 11 is 0. The lowest BCUT2D eigenvalue weighted by atomic mass is 9.92. The predicted octanol–water partition coefficient (Wildman–Crippen LogP) is 2.18. The average molecular weight is 361 g/mol. The van der Waals surface area contributed by atoms with Gasteiger partial charge in [-0.15, -0.1) is 0 Å². The minimum atomic E-state index is -4.58. The number of rotatable bonds is 4. The maximum Gasteiger partial charge on any atom is 0.415 e. The third-order valence-electron chi connectivity index (χ3n) is 4.58. The molecular weight excluding hydrogens is 335 g/mol. The fraction of sp³-hybridized carbons (Fsp3) is 0.765. The van der Waals surface area contributed by atoms with Gasteiger partial charge in [0.1, 0.15) is 0 Å². The Morgan fingerprint density at radius 1 is 1.24 bits per heavy atom. The Balaban J connectivity index is 1.93. The van der Waals surface area contributed by atoms with Crippen molar-refractivity contribution in [2.45, 2.75) is 57.9 Å². The van der Waals surface area contributed by atoms with Crippen LogP contribution in [0.1, 0.15) is 39.3 Å². The van der Waals surface area contributed by atoms with E-state index in [1.54, 1.807) is 11.0 Å². The summed E-state index contributed by atoms with van der Waals surface area (Å²) in [5, 5.41) is 13.6. The first kappa shape index (κ1) is 19.9. The van der Waals surface area contributed by atoms with Crippen LogP contribution >= 0.6 is 0 Å². The van der Waals surface area contributed by atoms with Gasteiger partial charge in [0.2, 0.25) is 0 Å². The first-order valence-corrected chi connectivity index (χ1v) is 8.52. The van der Waals surface area contributed by atoms with Gasteiger partial charge in [-0.25, -0.2) is 4.68 Å². The lowest BCUT2D eigenvalue weighted by Crippen LogP contribution is -2.45. The molecule has 0 radical (unpaired) electrons. The SMILES string of the molecule is CC(C)(C)c1ccc(=O)n(CC2CCN(CC(O)C(F)(F)F)CC2)n1. The van der Waals surface area contributed by atoms with Gasteiger partial charge >= 0.3 is 6.18 Å². The quantitative estimate of drug-likeness (QED) is 0.893. The molecule has 1 unspecified atom stereocenters. The number of nitrogens with zero attached hydrogens (tertiary/aromatic N) is 3. The summed E-state index contributed by atoms with van der Waals surface area (Å²) in [6.07, 6.45) is -5.53. The molecule has 5 nitrogen and oxygen atoms in total. The van der Waals surface area contributed by atoms with E-state index < -0.39 is 18.8 Å². The Bertz CT molecular complexity index is 629. The van der Waals surface area contributed by atoms with Gasteiger partial charge < -0.3 is 10.0 Å². The fourth-order valence-electron chi connectivity index (χ4n) is 2.92. The lowest BCUT2D eigenvalue weighted by Gasteiger charge is -2.33. The number of aliphatic hydroxyl groups excluding tert-OH is 1. The normalized spacial score (nSPS) is 19.2. The Morgan fingerprint density at radius 2 is 1.84 bits per heavy atom. The zero-order valence-electron chi connectivity index (χ0n) is 14.9. The first-order chi connectivity index (χ1) is 11.5. The molecule has 25 heavy (non-hydrogen) atoms. The molecule has 1 atom stereocenters. The molecule has 1 aliphatic rings. The monoisotopic (exact) mass is 361 g/mol. The van der Waals surface area contributed by atoms with Crippen LogP contribution in [0.3, 0.4) is 0 Å². The number of hydrogen-bond acceptors (Lipinski definition) is 4. The van der Waals surface area contributed by atoms with E-state index in [1.165, 1.54) is 10.7 Å². The van der Waals surface area contributed by atoms with Crippen LogP contribution < -0.4 is 5.56 Å². The van der Waals surface area contributed by atoms with Gasteiger partial charge in [0.25, 0.3) is 5.56 Å². The van der Waals surface area contributed by atoms with E-state index in [0.29, 0.717) is 32.5 Å². The molecule has 1 aromatic heterocycles. The number of aliphatic hydroxyl groups is 1. The zero-order valence-corrected chi connectivity index (χ0v) is 14.9. The largest absolute Gasteiger partial charge is 0.415 e. The highest BCUT2D eigenvalue weighted by Crippen LogP contribution is 2.24. The molecular formula is C17H26F3N3O2. The highest BCUT2D eigenvalue weighted by Gasteiger charge is 2.39. The van der Waals surface area contributed by atoms with Gasteiger partial charge in [-0.3, -0.25) is 4.79 Å². The van der Waals surface area contributed by atoms with Crippen LogP contribution in [-0.2, 0) is 12.0 Å². The molecule has 2 rings (SSSR count). The van der Waals surface area contributed by atoms with Gasteiger partial charge in [-0.1, -0.05) is 20.8 Å². The number of likely N-dealkylation sites (tertiary alicyclic amines) is 1. The minimum absolute atomic E-state index is 0.160. The van der Waals surface area contributed by atoms with E-state index in [1.807, 2.05) is 20.8 Å². The van der Waals surface area contributed by atoms with Crippen molar-refractivity contribution in [3.05, 3.63) is 28.2 Å². The number of β-amino-alcohol motifs (C(OH)–C–C–N with tert-alkyl or cyclic N) is 1. The van der Waals surface area contributed by atoms with Crippen molar-refractivity contribution in [3.63, 3.8) is 0 Å². The van der Waals surface area contributed by atoms with Gasteiger partial charge in [0.15, 0.2) is 6.10 Å². The van der Waals surface area contributed by atoms with Crippen molar-refractivity contribution in [3.8, 4) is 0 Å². The van der Waals surface area contributed by atoms with Crippen LogP contribution in [0.15, 0.2) is 16.9 Å². The molecule has 0 aliphatic carbocycles. The fourth-order valence-corrected chi connectivity index (χ4v) is 2.92. The molecule has 0 amide bonds. The van der Waals surface area contributed by atoms with Gasteiger partial charge in [-0.05, 0) is 37.9 Å². The van der Waals surface area contributed by atoms with Gasteiger partial charge in [-0.2, -0.15) is 18.3 Å². The Labute approximate surface area is 145 Å². The van der Waals surface area contributed by atoms with Gasteiger partial charge in [0.05, 0.1) is 5.69 Å². The number of alkyl halides is 3. The second-order valence-electron chi connectivity index (χ2n) is 7.79. The number of hydrogen-bond donors (Lipinski definition) is 1. The standard InChI is InChI=1S/C17H26F3N3O2/c1-16(2,3)13-4-5-15(25)23(21-13)10-12-6-8-22(9-7-12)11-14(24)17(18,19)20/h4-5,12,14,24H,6-11H2,1-3H3. The highest BCUT2D eigenvalue weighted by molar-refractivity contribution is 5.10. The van der Waals surface area contributed by atoms with Crippen molar-refractivity contribution >= 4 is 0 Å². The maximum absolute atomic E-state index is 12.4. The molecule has 0 saturated carbocycles. The van der Waals surface area contributed by atoms with E-state index in [4.69, 9.17) is 5.11 Å². The number of halogens is 3. The molecule has 142 valence electrons. The summed E-state index contributed by atoms with van der Waals surface area (Å²) in [6.45, 7) is 7.10. The summed E-state index contributed by atoms with van der Waals surface area (Å²) in [6, 6.07) is 3.25. The third kappa shape index (κ3) is 5.54. The molecule has 1 aromatic rings. The highest BCUT2D eigenvalue weighted by atomic mass is 19.4. The van der Waals surface area contributed by atoms with E-state index in [2.05, 4.69) is 5.10 Å². The summed E-state index contributed by atoms with van der Waals surface area (Å²) < 4.78 is 38.7. The molecule has 1 aliphatic heterocycles. The van der Waals surface area contributed by atoms with Crippen LogP contribution in [0, 0.1) is 5.92 Å². The molecule has 8 heteroatoms. The zero-order chi connectivity index (χ0) is 18.8. The number of aromatic nitrogens is 2. The van der Waals surface area contributed by atoms with E-state index in [9.17, 15) is 18.0 Å². The van der Waals surface area contributed by atoms with E-state index >= 15 is 0 Å². The second kappa shape index (κ2) is 7.45. The summed E-state index contributed by atoms with van der Waals surface area (Å²) in [5.41, 5.74) is 0.507. The smallest absolute Gasteiger partial charge is 0.382 e. The third-order valence-corrected chi connectivity index (χ3v) is 4.58. The molecule has 0 bridgehead atoms. The predicted molar refractivity (Wildman–Crippen MR) is 88.4 cm³/mol. The molecule has 1 saturated heterocycles. The van der Waals surface area contributed by atoms with Crippen molar-refractivity contribution in [2.24, 2.45) is 5.92 Å². The summed E-state index contributed by atoms with van der Waals surface area (Å²) in [7, 11) is 0. The average Bonchev–Trinajstić information content (AvgIpc) is 2.49. The van der Waals surface area contributed by atoms with E-state index in [-0.39, 0.29) is 16.9 Å². The van der Waals surface area contributed by atoms with E-state index in [0.717, 1.165) is 5.69 Å². The van der Waals surface area contributed by atoms with Crippen molar-refractivity contribution in [1.82, 2.24) is 14.7 Å². The van der Waals surface area contributed by atoms with Crippen LogP contribution in [0.2, 0.25) is 0 Å². The Kier molecular flexibility index (Phi) is 5.93. The van der Waals surface area contributed by atoms with Crippen LogP contribution in [-0.4, -0.2) is 51.7 Å². The minimum Gasteiger partial charge on any atom is -0.382 e. The van der Waals surface area contributed by atoms with Crippen LogP contribution in [0.4, 0.5) is 13.2 Å². The van der Waals surface area contributed by atoms with Gasteiger partial charge in [0, 0.05) is 24.6 Å². The van der Waals surface area contributed by atoms with Crippen LogP contribution in [0.25, 0.3) is 0 Å². The van der Waals surface area contributed by atoms with Crippen molar-refractivity contribution in [1.29, 1.82) is 0 Å². The van der Waals surface area contributed by atoms with Crippen LogP contribution in [0.5, 0.6) is 0 Å². The lowest BCUT2D eigenvalue weighted by molar-refractivity contribution is -0.208. The summed E-state index contributed by atoms with van der Waals surface area (Å²) in [4.78, 5) is 13.6. The maximum atomic E-state index is 12.4. The first-order valence-electron chi connectivity index (χ1n) is 8.52. The molecule has 0 aromatic carbocycles. The summed E-state index contributed by atoms with van der Waals surface area (Å²) in [5.74, 6) is 0.194. The van der Waals surface area contributed by atoms with Crippen molar-refractivity contribution < 1.29 is 18.3 Å². The second-order valence-corrected chi connectivity index (χ2v) is 7.79. The topological polar surface area (TPSA) is 58.4 Å². The molecule has 1 fully saturated rings. The van der Waals surface area contributed by atoms with Crippen molar-refractivity contribution in [2.75, 3.05) is 19.6 Å². The Morgan fingerprint density at radius 3 is 2.36 bits per heavy atom. The number of piperidine rings is 1. The Hall–Kier alpha value is -1.41. The molecule has 2 heterocycles.